The Kier molecular flexibility index (Phi) is 6.11. The molecule has 1 aliphatic carbocycles. The van der Waals surface area contributed by atoms with Crippen LogP contribution in [0.1, 0.15) is 37.8 Å². The van der Waals surface area contributed by atoms with Crippen LogP contribution in [0.15, 0.2) is 37.1 Å². The molecule has 3 aromatic heterocycles. The number of carbonyl (C=O) groups excluding carboxylic acids is 1. The molecule has 2 saturated heterocycles. The fourth-order valence-electron chi connectivity index (χ4n) is 5.77. The van der Waals surface area contributed by atoms with Crippen molar-refractivity contribution in [1.29, 1.82) is 0 Å². The first-order valence-corrected chi connectivity index (χ1v) is 12.8. The molecule has 192 valence electrons. The highest BCUT2D eigenvalue weighted by Gasteiger charge is 2.36. The van der Waals surface area contributed by atoms with Crippen LogP contribution >= 0.6 is 0 Å². The Bertz CT molecular complexity index is 1370. The van der Waals surface area contributed by atoms with Gasteiger partial charge in [0.1, 0.15) is 30.2 Å². The van der Waals surface area contributed by atoms with Crippen molar-refractivity contribution in [2.45, 2.75) is 38.2 Å². The van der Waals surface area contributed by atoms with Gasteiger partial charge < -0.3 is 24.7 Å². The molecule has 10 heteroatoms. The molecule has 10 nitrogen and oxygen atoms in total. The Morgan fingerprint density at radius 3 is 2.57 bits per heavy atom. The van der Waals surface area contributed by atoms with Crippen molar-refractivity contribution >= 4 is 28.7 Å². The minimum atomic E-state index is 0.0548. The van der Waals surface area contributed by atoms with E-state index in [0.717, 1.165) is 73.8 Å². The first-order chi connectivity index (χ1) is 18.1. The van der Waals surface area contributed by atoms with Gasteiger partial charge in [0.15, 0.2) is 11.6 Å². The number of fused-ring (bicyclic) bond motifs is 1. The number of hydrogen-bond acceptors (Lipinski definition) is 9. The summed E-state index contributed by atoms with van der Waals surface area (Å²) in [5.41, 5.74) is 10.6. The summed E-state index contributed by atoms with van der Waals surface area (Å²) in [7, 11) is 2.02. The van der Waals surface area contributed by atoms with E-state index in [9.17, 15) is 4.79 Å². The minimum absolute atomic E-state index is 0.0548. The monoisotopic (exact) mass is 501 g/mol. The third kappa shape index (κ3) is 4.35. The molecule has 1 spiro atoms. The zero-order chi connectivity index (χ0) is 25.4. The number of hydrogen-bond donors (Lipinski definition) is 1. The number of likely N-dealkylation sites (tertiary alicyclic amines) is 1. The predicted octanol–water partition coefficient (Wildman–Crippen LogP) is 3.15. The summed E-state index contributed by atoms with van der Waals surface area (Å²) in [6.45, 7) is 3.14. The molecule has 37 heavy (non-hydrogen) atoms. The largest absolute Gasteiger partial charge is 0.482 e. The van der Waals surface area contributed by atoms with E-state index in [0.29, 0.717) is 36.0 Å². The van der Waals surface area contributed by atoms with E-state index < -0.39 is 0 Å². The second kappa shape index (κ2) is 9.59. The molecule has 3 aliphatic rings. The van der Waals surface area contributed by atoms with Crippen molar-refractivity contribution in [2.24, 2.45) is 12.5 Å². The summed E-state index contributed by atoms with van der Waals surface area (Å²) in [6.07, 6.45) is 17.0. The van der Waals surface area contributed by atoms with E-state index >= 15 is 0 Å². The fourth-order valence-corrected chi connectivity index (χ4v) is 5.77. The van der Waals surface area contributed by atoms with Crippen LogP contribution in [0.4, 0.5) is 5.82 Å². The lowest BCUT2D eigenvalue weighted by Crippen LogP contribution is -2.38. The van der Waals surface area contributed by atoms with Gasteiger partial charge >= 0.3 is 0 Å². The van der Waals surface area contributed by atoms with Crippen molar-refractivity contribution < 1.29 is 14.3 Å². The normalized spacial score (nSPS) is 19.8. The number of aromatic nitrogens is 5. The Hall–Kier alpha value is -3.79. The molecular formula is C27H31N7O3. The Labute approximate surface area is 215 Å². The molecule has 0 atom stereocenters. The number of allylic oxidation sites excluding steroid dienone is 3. The standard InChI is InChI=1S/C27H31N7O3/c1-33-23(18-3-5-27(6-4-18)7-10-34(11-8-27)9-2-12-35)21(22-24(28)31-17-32-26(22)33)25-29-13-19(14-30-25)37-20-15-36-16-20/h2-3,9,12-14,17,20H,4-8,10-11,15-16H2,1H3,(H2,28,31,32). The molecular weight excluding hydrogens is 470 g/mol. The van der Waals surface area contributed by atoms with Crippen molar-refractivity contribution in [2.75, 3.05) is 32.0 Å². The van der Waals surface area contributed by atoms with Gasteiger partial charge in [-0.1, -0.05) is 6.08 Å². The lowest BCUT2D eigenvalue weighted by Gasteiger charge is -2.43. The van der Waals surface area contributed by atoms with E-state index in [-0.39, 0.29) is 6.10 Å². The average molecular weight is 502 g/mol. The van der Waals surface area contributed by atoms with E-state index in [1.54, 1.807) is 18.5 Å². The smallest absolute Gasteiger partial charge is 0.162 e. The summed E-state index contributed by atoms with van der Waals surface area (Å²) < 4.78 is 13.1. The Morgan fingerprint density at radius 1 is 1.14 bits per heavy atom. The van der Waals surface area contributed by atoms with Crippen LogP contribution in [-0.4, -0.2) is 68.1 Å². The van der Waals surface area contributed by atoms with Crippen LogP contribution in [0.5, 0.6) is 5.75 Å². The van der Waals surface area contributed by atoms with Gasteiger partial charge in [0.2, 0.25) is 0 Å². The third-order valence-electron chi connectivity index (χ3n) is 8.00. The Morgan fingerprint density at radius 2 is 1.92 bits per heavy atom. The minimum Gasteiger partial charge on any atom is -0.482 e. The highest BCUT2D eigenvalue weighted by atomic mass is 16.6. The summed E-state index contributed by atoms with van der Waals surface area (Å²) in [6, 6.07) is 0. The van der Waals surface area contributed by atoms with Crippen LogP contribution < -0.4 is 10.5 Å². The molecule has 0 bridgehead atoms. The molecule has 0 aromatic carbocycles. The van der Waals surface area contributed by atoms with Gasteiger partial charge in [-0.15, -0.1) is 0 Å². The zero-order valence-electron chi connectivity index (χ0n) is 21.0. The van der Waals surface area contributed by atoms with Gasteiger partial charge in [0, 0.05) is 26.3 Å². The molecule has 3 aromatic rings. The van der Waals surface area contributed by atoms with Gasteiger partial charge in [0.25, 0.3) is 0 Å². The van der Waals surface area contributed by atoms with Gasteiger partial charge in [-0.2, -0.15) is 0 Å². The van der Waals surface area contributed by atoms with Crippen molar-refractivity contribution in [3.05, 3.63) is 42.8 Å². The molecule has 0 radical (unpaired) electrons. The lowest BCUT2D eigenvalue weighted by molar-refractivity contribution is -0.104. The van der Waals surface area contributed by atoms with Crippen LogP contribution in [-0.2, 0) is 16.6 Å². The number of nitrogen functional groups attached to an aromatic ring is 1. The number of ether oxygens (including phenoxy) is 2. The second-order valence-electron chi connectivity index (χ2n) is 10.2. The Balaban J connectivity index is 1.33. The summed E-state index contributed by atoms with van der Waals surface area (Å²) in [4.78, 5) is 31.1. The van der Waals surface area contributed by atoms with Crippen molar-refractivity contribution in [3.63, 3.8) is 0 Å². The topological polar surface area (TPSA) is 121 Å². The summed E-state index contributed by atoms with van der Waals surface area (Å²) >= 11 is 0. The third-order valence-corrected chi connectivity index (χ3v) is 8.00. The van der Waals surface area contributed by atoms with Gasteiger partial charge in [-0.25, -0.2) is 19.9 Å². The van der Waals surface area contributed by atoms with E-state index in [4.69, 9.17) is 15.2 Å². The number of anilines is 1. The molecule has 5 heterocycles. The van der Waals surface area contributed by atoms with Gasteiger partial charge in [-0.05, 0) is 49.2 Å². The van der Waals surface area contributed by atoms with E-state index in [1.165, 1.54) is 11.9 Å². The van der Waals surface area contributed by atoms with E-state index in [2.05, 4.69) is 35.5 Å². The summed E-state index contributed by atoms with van der Waals surface area (Å²) in [5.74, 6) is 1.62. The van der Waals surface area contributed by atoms with Gasteiger partial charge in [-0.3, -0.25) is 4.79 Å². The maximum Gasteiger partial charge on any atom is 0.162 e. The average Bonchev–Trinajstić information content (AvgIpc) is 3.20. The molecule has 2 fully saturated rings. The highest BCUT2D eigenvalue weighted by Crippen LogP contribution is 2.48. The highest BCUT2D eigenvalue weighted by molar-refractivity contribution is 6.04. The zero-order valence-corrected chi connectivity index (χ0v) is 21.0. The quantitative estimate of drug-likeness (QED) is 0.401. The molecule has 0 amide bonds. The van der Waals surface area contributed by atoms with E-state index in [1.807, 2.05) is 13.2 Å². The first-order valence-electron chi connectivity index (χ1n) is 12.8. The second-order valence-corrected chi connectivity index (χ2v) is 10.2. The molecule has 2 N–H and O–H groups in total. The van der Waals surface area contributed by atoms with Crippen LogP contribution in [0, 0.1) is 5.41 Å². The molecule has 0 saturated carbocycles. The molecule has 2 aliphatic heterocycles. The van der Waals surface area contributed by atoms with Gasteiger partial charge in [0.05, 0.1) is 42.3 Å². The van der Waals surface area contributed by atoms with Crippen LogP contribution in [0.25, 0.3) is 28.0 Å². The number of aryl methyl sites for hydroxylation is 1. The predicted molar refractivity (Wildman–Crippen MR) is 139 cm³/mol. The molecule has 0 unspecified atom stereocenters. The number of nitrogens with two attached hydrogens (primary N) is 1. The van der Waals surface area contributed by atoms with Crippen LogP contribution in [0.3, 0.4) is 0 Å². The maximum atomic E-state index is 10.7. The number of rotatable bonds is 6. The lowest BCUT2D eigenvalue weighted by atomic mass is 9.68. The summed E-state index contributed by atoms with van der Waals surface area (Å²) in [5, 5.41) is 0.775. The maximum absolute atomic E-state index is 10.7. The first kappa shape index (κ1) is 23.6. The number of nitrogens with zero attached hydrogens (tertiary/aromatic N) is 6. The SMILES string of the molecule is Cn1c(C2=CCC3(CC2)CCN(C=CC=O)CC3)c(-c2ncc(OC3COC3)cn2)c2c(N)ncnc21. The number of piperidine rings is 1. The van der Waals surface area contributed by atoms with Crippen molar-refractivity contribution in [3.8, 4) is 17.1 Å². The number of aldehydes is 1. The number of carbonyl (C=O) groups is 1. The fraction of sp³-hybridized carbons (Fsp3) is 0.444. The molecule has 6 rings (SSSR count). The van der Waals surface area contributed by atoms with Crippen molar-refractivity contribution in [1.82, 2.24) is 29.4 Å². The van der Waals surface area contributed by atoms with Crippen LogP contribution in [0.2, 0.25) is 0 Å².